The molecule has 3 aromatic carbocycles. The monoisotopic (exact) mass is 566 g/mol. The number of hydrogen-bond acceptors (Lipinski definition) is 5. The first-order valence-electron chi connectivity index (χ1n) is 15.0. The molecule has 3 aliphatic heterocycles. The van der Waals surface area contributed by atoms with Crippen molar-refractivity contribution in [1.82, 2.24) is 9.88 Å². The summed E-state index contributed by atoms with van der Waals surface area (Å²) in [6.07, 6.45) is 1.61. The van der Waals surface area contributed by atoms with Crippen LogP contribution in [-0.2, 0) is 20.7 Å². The molecule has 0 spiro atoms. The van der Waals surface area contributed by atoms with Crippen molar-refractivity contribution in [3.63, 3.8) is 0 Å². The zero-order chi connectivity index (χ0) is 29.6. The van der Waals surface area contributed by atoms with Gasteiger partial charge >= 0.3 is 13.2 Å². The van der Waals surface area contributed by atoms with Gasteiger partial charge in [0.25, 0.3) is 0 Å². The van der Waals surface area contributed by atoms with Crippen LogP contribution < -0.4 is 10.2 Å². The molecule has 218 valence electrons. The molecule has 1 N–H and O–H groups in total. The Hall–Kier alpha value is -3.49. The molecule has 1 aromatic heterocycles. The summed E-state index contributed by atoms with van der Waals surface area (Å²) < 4.78 is 24.7. The average Bonchev–Trinajstić information content (AvgIpc) is 3.62. The summed E-state index contributed by atoms with van der Waals surface area (Å²) in [7, 11) is -0.402. The molecule has 0 saturated carbocycles. The van der Waals surface area contributed by atoms with E-state index in [1.165, 1.54) is 5.56 Å². The van der Waals surface area contributed by atoms with Gasteiger partial charge in [-0.15, -0.1) is 0 Å². The van der Waals surface area contributed by atoms with E-state index in [0.29, 0.717) is 13.2 Å². The van der Waals surface area contributed by atoms with Crippen molar-refractivity contribution in [2.45, 2.75) is 90.8 Å². The fourth-order valence-electron chi connectivity index (χ4n) is 6.46. The fraction of sp³-hybridized carbons (Fsp3) is 0.441. The highest BCUT2D eigenvalue weighted by molar-refractivity contribution is 6.62. The van der Waals surface area contributed by atoms with Crippen LogP contribution in [-0.4, -0.2) is 46.4 Å². The minimum atomic E-state index is -0.522. The number of hydrogen-bond donors (Lipinski definition) is 1. The number of aromatic nitrogens is 1. The van der Waals surface area contributed by atoms with Gasteiger partial charge in [0.15, 0.2) is 0 Å². The maximum absolute atomic E-state index is 12.9. The van der Waals surface area contributed by atoms with Crippen molar-refractivity contribution in [3.8, 4) is 16.9 Å². The first kappa shape index (κ1) is 27.4. The van der Waals surface area contributed by atoms with Gasteiger partial charge in [-0.25, -0.2) is 4.79 Å². The van der Waals surface area contributed by atoms with Gasteiger partial charge in [0.05, 0.1) is 17.2 Å². The van der Waals surface area contributed by atoms with E-state index in [4.69, 9.17) is 18.8 Å². The standard InChI is InChI=1S/C34H39BN2O5/c1-32(2,3)40-31(38)37-16-8-9-29(37)28-18-26-23-12-13-24-22-11-10-21(35-41-33(4,5)34(6,7)42-35)17-20(22)19-39-30(24)25(23)14-15-27(26)36-28/h10-15,17-18,29,36H,8-9,16,19H2,1-7H3. The van der Waals surface area contributed by atoms with Gasteiger partial charge in [-0.05, 0) is 108 Å². The minimum Gasteiger partial charge on any atom is -0.488 e. The molecule has 7 rings (SSSR count). The number of ether oxygens (including phenoxy) is 2. The number of likely N-dealkylation sites (tertiary alicyclic amines) is 1. The van der Waals surface area contributed by atoms with E-state index >= 15 is 0 Å². The molecule has 0 radical (unpaired) electrons. The van der Waals surface area contributed by atoms with Gasteiger partial charge in [-0.2, -0.15) is 0 Å². The number of amides is 1. The van der Waals surface area contributed by atoms with Crippen LogP contribution in [0.15, 0.2) is 48.5 Å². The molecule has 2 fully saturated rings. The second-order valence-electron chi connectivity index (χ2n) is 13.9. The van der Waals surface area contributed by atoms with Crippen LogP contribution >= 0.6 is 0 Å². The Labute approximate surface area is 247 Å². The summed E-state index contributed by atoms with van der Waals surface area (Å²) in [4.78, 5) is 18.4. The number of fused-ring (bicyclic) bond motifs is 7. The molecule has 42 heavy (non-hydrogen) atoms. The van der Waals surface area contributed by atoms with Gasteiger partial charge in [0.1, 0.15) is 18.0 Å². The predicted octanol–water partition coefficient (Wildman–Crippen LogP) is 7.25. The summed E-state index contributed by atoms with van der Waals surface area (Å²) in [5.74, 6) is 0.907. The second kappa shape index (κ2) is 9.26. The molecule has 4 heterocycles. The number of carbonyl (C=O) groups excluding carboxylic acids is 1. The third kappa shape index (κ3) is 4.38. The minimum absolute atomic E-state index is 0.0266. The highest BCUT2D eigenvalue weighted by Crippen LogP contribution is 2.45. The summed E-state index contributed by atoms with van der Waals surface area (Å²) >= 11 is 0. The third-order valence-electron chi connectivity index (χ3n) is 9.33. The van der Waals surface area contributed by atoms with Crippen molar-refractivity contribution in [1.29, 1.82) is 0 Å². The molecule has 3 aliphatic rings. The van der Waals surface area contributed by atoms with Gasteiger partial charge in [0.2, 0.25) is 0 Å². The van der Waals surface area contributed by atoms with Crippen LogP contribution in [0.3, 0.4) is 0 Å². The van der Waals surface area contributed by atoms with E-state index in [1.807, 2.05) is 25.7 Å². The Balaban J connectivity index is 1.22. The molecular weight excluding hydrogens is 527 g/mol. The van der Waals surface area contributed by atoms with Crippen LogP contribution in [0, 0.1) is 0 Å². The molecule has 1 amide bonds. The number of nitrogens with one attached hydrogen (secondary N) is 1. The summed E-state index contributed by atoms with van der Waals surface area (Å²) in [6.45, 7) is 15.2. The van der Waals surface area contributed by atoms with Crippen LogP contribution in [0.1, 0.15) is 78.6 Å². The van der Waals surface area contributed by atoms with E-state index < -0.39 is 12.7 Å². The Bertz CT molecular complexity index is 1720. The molecular formula is C34H39BN2O5. The van der Waals surface area contributed by atoms with Gasteiger partial charge in [0, 0.05) is 34.1 Å². The number of rotatable bonds is 2. The second-order valence-corrected chi connectivity index (χ2v) is 13.9. The molecule has 1 atom stereocenters. The van der Waals surface area contributed by atoms with E-state index in [1.54, 1.807) is 0 Å². The van der Waals surface area contributed by atoms with Crippen molar-refractivity contribution < 1.29 is 23.6 Å². The van der Waals surface area contributed by atoms with Crippen molar-refractivity contribution in [2.75, 3.05) is 6.54 Å². The lowest BCUT2D eigenvalue weighted by atomic mass is 9.77. The summed E-state index contributed by atoms with van der Waals surface area (Å²) in [5.41, 5.74) is 5.20. The van der Waals surface area contributed by atoms with E-state index in [9.17, 15) is 4.79 Å². The van der Waals surface area contributed by atoms with Gasteiger partial charge in [-0.3, -0.25) is 4.90 Å². The van der Waals surface area contributed by atoms with Gasteiger partial charge in [-0.1, -0.05) is 24.3 Å². The Morgan fingerprint density at radius 2 is 1.67 bits per heavy atom. The maximum Gasteiger partial charge on any atom is 0.494 e. The van der Waals surface area contributed by atoms with E-state index in [-0.39, 0.29) is 23.3 Å². The molecule has 8 heteroatoms. The topological polar surface area (TPSA) is 73.0 Å². The Morgan fingerprint density at radius 3 is 2.40 bits per heavy atom. The van der Waals surface area contributed by atoms with Crippen molar-refractivity contribution >= 4 is 40.3 Å². The lowest BCUT2D eigenvalue weighted by Crippen LogP contribution is -2.41. The number of carbonyl (C=O) groups is 1. The zero-order valence-corrected chi connectivity index (χ0v) is 25.6. The average molecular weight is 567 g/mol. The quantitative estimate of drug-likeness (QED) is 0.259. The molecule has 7 nitrogen and oxygen atoms in total. The lowest BCUT2D eigenvalue weighted by molar-refractivity contribution is 0.00578. The van der Waals surface area contributed by atoms with Crippen molar-refractivity contribution in [2.24, 2.45) is 0 Å². The van der Waals surface area contributed by atoms with Crippen LogP contribution in [0.5, 0.6) is 5.75 Å². The normalized spacial score (nSPS) is 21.0. The van der Waals surface area contributed by atoms with E-state index in [2.05, 4.69) is 81.2 Å². The number of H-pyrrole nitrogens is 1. The lowest BCUT2D eigenvalue weighted by Gasteiger charge is -2.32. The molecule has 2 saturated heterocycles. The summed E-state index contributed by atoms with van der Waals surface area (Å²) in [5, 5.41) is 3.35. The molecule has 0 aliphatic carbocycles. The van der Waals surface area contributed by atoms with Crippen LogP contribution in [0.2, 0.25) is 0 Å². The highest BCUT2D eigenvalue weighted by atomic mass is 16.7. The number of benzene rings is 3. The van der Waals surface area contributed by atoms with Crippen LogP contribution in [0.25, 0.3) is 32.8 Å². The largest absolute Gasteiger partial charge is 0.494 e. The van der Waals surface area contributed by atoms with Crippen molar-refractivity contribution in [3.05, 3.63) is 59.8 Å². The van der Waals surface area contributed by atoms with Gasteiger partial charge < -0.3 is 23.8 Å². The highest BCUT2D eigenvalue weighted by Gasteiger charge is 2.51. The Morgan fingerprint density at radius 1 is 0.952 bits per heavy atom. The molecule has 1 unspecified atom stereocenters. The first-order chi connectivity index (χ1) is 19.8. The zero-order valence-electron chi connectivity index (χ0n) is 25.6. The van der Waals surface area contributed by atoms with E-state index in [0.717, 1.165) is 62.6 Å². The number of aromatic amines is 1. The van der Waals surface area contributed by atoms with Crippen LogP contribution in [0.4, 0.5) is 4.79 Å². The fourth-order valence-corrected chi connectivity index (χ4v) is 6.46. The molecule has 4 aromatic rings. The maximum atomic E-state index is 12.9. The smallest absolute Gasteiger partial charge is 0.488 e. The molecule has 0 bridgehead atoms. The third-order valence-corrected chi connectivity index (χ3v) is 9.33. The number of nitrogens with zero attached hydrogens (tertiary/aromatic N) is 1. The Kier molecular flexibility index (Phi) is 6.03. The predicted molar refractivity (Wildman–Crippen MR) is 166 cm³/mol. The SMILES string of the molecule is CC(C)(C)OC(=O)N1CCCC1c1cc2c(ccc3c4c(ccc32)-c2ccc(B3OC(C)(C)C(C)(C)O3)cc2CO4)[nH]1. The summed E-state index contributed by atoms with van der Waals surface area (Å²) in [6, 6.07) is 17.2. The first-order valence-corrected chi connectivity index (χ1v) is 15.0.